The predicted molar refractivity (Wildman–Crippen MR) is 63.1 cm³/mol. The Morgan fingerprint density at radius 1 is 1.06 bits per heavy atom. The molecule has 4 saturated carbocycles. The molecule has 2 heteroatoms. The van der Waals surface area contributed by atoms with Crippen molar-refractivity contribution in [3.8, 4) is 0 Å². The molecule has 1 atom stereocenters. The summed E-state index contributed by atoms with van der Waals surface area (Å²) in [6.45, 7) is 4.86. The third-order valence-corrected chi connectivity index (χ3v) is 4.80. The van der Waals surface area contributed by atoms with Crippen LogP contribution in [0.15, 0.2) is 0 Å². The highest BCUT2D eigenvalue weighted by molar-refractivity contribution is 5.03. The molecule has 0 aromatic rings. The number of hydrogen-bond donors (Lipinski definition) is 0. The summed E-state index contributed by atoms with van der Waals surface area (Å²) in [5.41, 5.74) is 0.198. The molecular formula is C14H24O2. The van der Waals surface area contributed by atoms with Crippen molar-refractivity contribution in [3.05, 3.63) is 0 Å². The van der Waals surface area contributed by atoms with Crippen molar-refractivity contribution in [2.24, 2.45) is 17.8 Å². The van der Waals surface area contributed by atoms with Gasteiger partial charge in [0.2, 0.25) is 0 Å². The van der Waals surface area contributed by atoms with Crippen LogP contribution in [-0.2, 0) is 9.47 Å². The fourth-order valence-electron chi connectivity index (χ4n) is 4.80. The molecule has 4 bridgehead atoms. The average Bonchev–Trinajstić information content (AvgIpc) is 2.13. The minimum atomic E-state index is -0.0127. The summed E-state index contributed by atoms with van der Waals surface area (Å²) in [6, 6.07) is 0. The van der Waals surface area contributed by atoms with Crippen molar-refractivity contribution in [2.75, 3.05) is 6.61 Å². The second-order valence-corrected chi connectivity index (χ2v) is 6.24. The molecule has 4 aliphatic carbocycles. The molecule has 0 aromatic carbocycles. The summed E-state index contributed by atoms with van der Waals surface area (Å²) >= 11 is 0. The zero-order valence-corrected chi connectivity index (χ0v) is 10.6. The maximum atomic E-state index is 6.27. The first-order chi connectivity index (χ1) is 7.69. The van der Waals surface area contributed by atoms with E-state index in [1.54, 1.807) is 0 Å². The van der Waals surface area contributed by atoms with Crippen molar-refractivity contribution in [3.63, 3.8) is 0 Å². The molecule has 0 amide bonds. The van der Waals surface area contributed by atoms with E-state index in [0.29, 0.717) is 0 Å². The molecular weight excluding hydrogens is 200 g/mol. The molecule has 4 aliphatic rings. The second kappa shape index (κ2) is 3.99. The maximum Gasteiger partial charge on any atom is 0.155 e. The molecule has 1 unspecified atom stereocenters. The smallest absolute Gasteiger partial charge is 0.155 e. The Balaban J connectivity index is 1.68. The van der Waals surface area contributed by atoms with Gasteiger partial charge in [0.15, 0.2) is 6.29 Å². The van der Waals surface area contributed by atoms with Crippen molar-refractivity contribution < 1.29 is 9.47 Å². The summed E-state index contributed by atoms with van der Waals surface area (Å²) in [7, 11) is 0. The van der Waals surface area contributed by atoms with Crippen LogP contribution in [0.4, 0.5) is 0 Å². The lowest BCUT2D eigenvalue weighted by Crippen LogP contribution is -2.53. The van der Waals surface area contributed by atoms with E-state index in [0.717, 1.165) is 24.4 Å². The van der Waals surface area contributed by atoms with Crippen molar-refractivity contribution in [2.45, 2.75) is 64.3 Å². The summed E-state index contributed by atoms with van der Waals surface area (Å²) in [6.07, 6.45) is 8.33. The summed E-state index contributed by atoms with van der Waals surface area (Å²) in [5.74, 6) is 2.88. The van der Waals surface area contributed by atoms with Crippen LogP contribution in [0.3, 0.4) is 0 Å². The molecule has 0 radical (unpaired) electrons. The van der Waals surface area contributed by atoms with E-state index >= 15 is 0 Å². The monoisotopic (exact) mass is 224 g/mol. The minimum Gasteiger partial charge on any atom is -0.353 e. The molecule has 4 fully saturated rings. The van der Waals surface area contributed by atoms with E-state index in [4.69, 9.17) is 9.47 Å². The summed E-state index contributed by atoms with van der Waals surface area (Å²) in [5, 5.41) is 0. The third kappa shape index (κ3) is 1.91. The van der Waals surface area contributed by atoms with Crippen molar-refractivity contribution in [1.29, 1.82) is 0 Å². The number of ether oxygens (including phenoxy) is 2. The quantitative estimate of drug-likeness (QED) is 0.682. The van der Waals surface area contributed by atoms with Gasteiger partial charge in [0.25, 0.3) is 0 Å². The Bertz CT molecular complexity index is 226. The molecule has 4 rings (SSSR count). The Labute approximate surface area is 98.7 Å². The maximum absolute atomic E-state index is 6.27. The SMILES string of the molecule is CCOC(C)OC12CC3CC(CC(C3)C1)C2. The summed E-state index contributed by atoms with van der Waals surface area (Å²) in [4.78, 5) is 0. The lowest BCUT2D eigenvalue weighted by molar-refractivity contribution is -0.248. The molecule has 0 aliphatic heterocycles. The number of rotatable bonds is 4. The van der Waals surface area contributed by atoms with Crippen LogP contribution in [0.25, 0.3) is 0 Å². The van der Waals surface area contributed by atoms with Gasteiger partial charge in [-0.25, -0.2) is 0 Å². The van der Waals surface area contributed by atoms with Crippen LogP contribution < -0.4 is 0 Å². The van der Waals surface area contributed by atoms with Gasteiger partial charge >= 0.3 is 0 Å². The Morgan fingerprint density at radius 3 is 2.00 bits per heavy atom. The van der Waals surface area contributed by atoms with Crippen molar-refractivity contribution in [1.82, 2.24) is 0 Å². The van der Waals surface area contributed by atoms with E-state index in [-0.39, 0.29) is 11.9 Å². The number of hydrogen-bond acceptors (Lipinski definition) is 2. The Morgan fingerprint density at radius 2 is 1.56 bits per heavy atom. The van der Waals surface area contributed by atoms with Crippen LogP contribution in [-0.4, -0.2) is 18.5 Å². The van der Waals surface area contributed by atoms with Crippen LogP contribution in [0.5, 0.6) is 0 Å². The standard InChI is InChI=1S/C14H24O2/c1-3-15-10(2)16-14-7-11-4-12(8-14)6-13(5-11)9-14/h10-13H,3-9H2,1-2H3. The zero-order chi connectivity index (χ0) is 11.2. The van der Waals surface area contributed by atoms with Gasteiger partial charge in [0.1, 0.15) is 0 Å². The molecule has 0 spiro atoms. The van der Waals surface area contributed by atoms with Crippen molar-refractivity contribution >= 4 is 0 Å². The highest BCUT2D eigenvalue weighted by Crippen LogP contribution is 2.57. The Kier molecular flexibility index (Phi) is 2.75. The molecule has 0 N–H and O–H groups in total. The first-order valence-corrected chi connectivity index (χ1v) is 6.98. The van der Waals surface area contributed by atoms with E-state index in [9.17, 15) is 0 Å². The lowest BCUT2D eigenvalue weighted by Gasteiger charge is -2.56. The van der Waals surface area contributed by atoms with Gasteiger partial charge in [-0.2, -0.15) is 0 Å². The van der Waals surface area contributed by atoms with Gasteiger partial charge in [-0.3, -0.25) is 0 Å². The van der Waals surface area contributed by atoms with Crippen LogP contribution in [0.2, 0.25) is 0 Å². The van der Waals surface area contributed by atoms with E-state index in [2.05, 4.69) is 6.92 Å². The van der Waals surface area contributed by atoms with Gasteiger partial charge < -0.3 is 9.47 Å². The van der Waals surface area contributed by atoms with Gasteiger partial charge in [-0.05, 0) is 70.1 Å². The lowest BCUT2D eigenvalue weighted by atomic mass is 9.54. The molecule has 0 heterocycles. The van der Waals surface area contributed by atoms with Crippen LogP contribution in [0, 0.1) is 17.8 Å². The molecule has 0 saturated heterocycles. The van der Waals surface area contributed by atoms with Crippen LogP contribution >= 0.6 is 0 Å². The average molecular weight is 224 g/mol. The van der Waals surface area contributed by atoms with E-state index in [1.165, 1.54) is 38.5 Å². The zero-order valence-electron chi connectivity index (χ0n) is 10.6. The van der Waals surface area contributed by atoms with Gasteiger partial charge in [-0.1, -0.05) is 0 Å². The normalized spacial score (nSPS) is 47.2. The fraction of sp³-hybridized carbons (Fsp3) is 1.00. The second-order valence-electron chi connectivity index (χ2n) is 6.24. The first kappa shape index (κ1) is 11.0. The third-order valence-electron chi connectivity index (χ3n) is 4.80. The summed E-state index contributed by atoms with van der Waals surface area (Å²) < 4.78 is 11.8. The van der Waals surface area contributed by atoms with Gasteiger partial charge in [-0.15, -0.1) is 0 Å². The van der Waals surface area contributed by atoms with Gasteiger partial charge in [0.05, 0.1) is 5.60 Å². The molecule has 16 heavy (non-hydrogen) atoms. The largest absolute Gasteiger partial charge is 0.353 e. The van der Waals surface area contributed by atoms with E-state index in [1.807, 2.05) is 6.92 Å². The highest BCUT2D eigenvalue weighted by atomic mass is 16.7. The molecule has 0 aromatic heterocycles. The predicted octanol–water partition coefficient (Wildman–Crippen LogP) is 3.35. The minimum absolute atomic E-state index is 0.0127. The molecule has 2 nitrogen and oxygen atoms in total. The first-order valence-electron chi connectivity index (χ1n) is 6.98. The fourth-order valence-corrected chi connectivity index (χ4v) is 4.80. The highest BCUT2D eigenvalue weighted by Gasteiger charge is 2.52. The van der Waals surface area contributed by atoms with Crippen LogP contribution in [0.1, 0.15) is 52.4 Å². The molecule has 92 valence electrons. The van der Waals surface area contributed by atoms with Gasteiger partial charge in [0, 0.05) is 6.61 Å². The topological polar surface area (TPSA) is 18.5 Å². The Hall–Kier alpha value is -0.0800. The van der Waals surface area contributed by atoms with E-state index < -0.39 is 0 Å².